The highest BCUT2D eigenvalue weighted by atomic mass is 31.2. The van der Waals surface area contributed by atoms with Crippen LogP contribution in [0.1, 0.15) is 155 Å². The van der Waals surface area contributed by atoms with Crippen LogP contribution in [0.25, 0.3) is 0 Å². The molecule has 0 saturated heterocycles. The first kappa shape index (κ1) is 51.7. The Kier molecular flexibility index (Phi) is 34.8. The van der Waals surface area contributed by atoms with Gasteiger partial charge < -0.3 is 27.9 Å². The second kappa shape index (κ2) is 36.4. The maximum Gasteiger partial charge on any atom is 0.306 e. The van der Waals surface area contributed by atoms with Crippen LogP contribution in [-0.4, -0.2) is 70.0 Å². The number of hydrogen-bond acceptors (Lipinski definition) is 8. The molecule has 0 heterocycles. The van der Waals surface area contributed by atoms with Crippen molar-refractivity contribution in [2.45, 2.75) is 161 Å². The van der Waals surface area contributed by atoms with Crippen molar-refractivity contribution < 1.29 is 42.1 Å². The fourth-order valence-corrected chi connectivity index (χ4v) is 5.98. The third-order valence-corrected chi connectivity index (χ3v) is 9.50. The molecule has 0 aliphatic heterocycles. The maximum absolute atomic E-state index is 12.6. The molecule has 0 radical (unpaired) electrons. The van der Waals surface area contributed by atoms with E-state index in [0.717, 1.165) is 51.4 Å². The lowest BCUT2D eigenvalue weighted by Crippen LogP contribution is -2.37. The number of phosphoric acid groups is 1. The van der Waals surface area contributed by atoms with Crippen molar-refractivity contribution in [1.29, 1.82) is 0 Å². The highest BCUT2D eigenvalue weighted by Gasteiger charge is 2.21. The van der Waals surface area contributed by atoms with Gasteiger partial charge >= 0.3 is 11.9 Å². The second-order valence-electron chi connectivity index (χ2n) is 15.0. The molecule has 0 spiro atoms. The molecule has 0 bridgehead atoms. The lowest BCUT2D eigenvalue weighted by Gasteiger charge is -2.28. The van der Waals surface area contributed by atoms with Crippen molar-refractivity contribution in [2.75, 3.05) is 47.5 Å². The summed E-state index contributed by atoms with van der Waals surface area (Å²) in [5.41, 5.74) is 0. The molecule has 0 aliphatic carbocycles. The third kappa shape index (κ3) is 39.4. The molecular weight excluding hydrogens is 701 g/mol. The molecule has 1 unspecified atom stereocenters. The van der Waals surface area contributed by atoms with Gasteiger partial charge in [-0.1, -0.05) is 139 Å². The van der Waals surface area contributed by atoms with E-state index in [1.165, 1.54) is 64.2 Å². The van der Waals surface area contributed by atoms with E-state index in [-0.39, 0.29) is 26.1 Å². The van der Waals surface area contributed by atoms with Crippen molar-refractivity contribution in [2.24, 2.45) is 0 Å². The van der Waals surface area contributed by atoms with Crippen LogP contribution in [0.4, 0.5) is 0 Å². The van der Waals surface area contributed by atoms with Gasteiger partial charge in [0.25, 0.3) is 7.82 Å². The minimum absolute atomic E-state index is 0.0459. The van der Waals surface area contributed by atoms with Crippen LogP contribution < -0.4 is 4.89 Å². The van der Waals surface area contributed by atoms with E-state index < -0.39 is 32.5 Å². The molecule has 0 saturated carbocycles. The minimum atomic E-state index is -4.64. The van der Waals surface area contributed by atoms with Crippen LogP contribution in [0.3, 0.4) is 0 Å². The number of unbranched alkanes of at least 4 members (excludes halogenated alkanes) is 13. The number of esters is 2. The molecule has 0 rings (SSSR count). The first-order valence-corrected chi connectivity index (χ1v) is 22.5. The van der Waals surface area contributed by atoms with Crippen molar-refractivity contribution in [3.63, 3.8) is 0 Å². The molecule has 0 amide bonds. The smallest absolute Gasteiger partial charge is 0.306 e. The Labute approximate surface area is 330 Å². The Morgan fingerprint density at radius 3 is 1.67 bits per heavy atom. The summed E-state index contributed by atoms with van der Waals surface area (Å²) in [5.74, 6) is -0.945. The van der Waals surface area contributed by atoms with E-state index in [1.54, 1.807) is 0 Å². The number of quaternary nitrogens is 1. The van der Waals surface area contributed by atoms with Gasteiger partial charge in [0.15, 0.2) is 6.10 Å². The SMILES string of the molecule is CC/C=C/C/C=C/C/C=C/C/C=C/CCCCC(=O)O[C@H](COC(=O)CC/C=C/CCCCCCCCCCCCC)COP(=O)([O-])OCC[N+](C)(C)C. The molecule has 0 aromatic rings. The summed E-state index contributed by atoms with van der Waals surface area (Å²) in [6.45, 7) is 4.00. The lowest BCUT2D eigenvalue weighted by molar-refractivity contribution is -0.870. The quantitative estimate of drug-likeness (QED) is 0.0201. The minimum Gasteiger partial charge on any atom is -0.756 e. The average Bonchev–Trinajstić information content (AvgIpc) is 3.12. The van der Waals surface area contributed by atoms with Gasteiger partial charge in [-0.15, -0.1) is 0 Å². The van der Waals surface area contributed by atoms with Crippen LogP contribution in [0.15, 0.2) is 60.8 Å². The zero-order chi connectivity index (χ0) is 40.0. The number of carbonyl (C=O) groups is 2. The fraction of sp³-hybridized carbons (Fsp3) is 0.727. The molecule has 312 valence electrons. The highest BCUT2D eigenvalue weighted by Crippen LogP contribution is 2.38. The zero-order valence-corrected chi connectivity index (χ0v) is 35.8. The molecular formula is C44H78NO8P. The molecule has 0 N–H and O–H groups in total. The van der Waals surface area contributed by atoms with Gasteiger partial charge in [0, 0.05) is 12.8 Å². The molecule has 2 atom stereocenters. The Morgan fingerprint density at radius 2 is 1.09 bits per heavy atom. The molecule has 54 heavy (non-hydrogen) atoms. The van der Waals surface area contributed by atoms with E-state index in [9.17, 15) is 19.0 Å². The van der Waals surface area contributed by atoms with Gasteiger partial charge in [0.1, 0.15) is 19.8 Å². The summed E-state index contributed by atoms with van der Waals surface area (Å²) in [6, 6.07) is 0. The molecule has 0 fully saturated rings. The van der Waals surface area contributed by atoms with Gasteiger partial charge in [-0.3, -0.25) is 14.2 Å². The number of ether oxygens (including phenoxy) is 2. The van der Waals surface area contributed by atoms with Crippen LogP contribution >= 0.6 is 7.82 Å². The van der Waals surface area contributed by atoms with E-state index in [2.05, 4.69) is 68.5 Å². The largest absolute Gasteiger partial charge is 0.756 e. The standard InChI is InChI=1S/C44H78NO8P/c1-6-8-10-12-14-16-18-20-22-24-26-28-30-32-34-36-43(46)50-40-42(41-52-54(48,49)51-39-38-45(3,4)5)53-44(47)37-35-33-31-29-27-25-23-21-19-17-15-13-11-9-7-2/h9,11,15,17,21,23,27,29-30,32,42H,6-8,10,12-14,16,18-20,22,24-26,28,31,33-41H2,1-5H3/b11-9+,17-15+,23-21+,29-27+,32-30+/t42-/m1/s1. The van der Waals surface area contributed by atoms with Gasteiger partial charge in [0.2, 0.25) is 0 Å². The molecule has 0 aromatic carbocycles. The van der Waals surface area contributed by atoms with E-state index in [1.807, 2.05) is 27.2 Å². The van der Waals surface area contributed by atoms with E-state index in [0.29, 0.717) is 23.9 Å². The zero-order valence-electron chi connectivity index (χ0n) is 34.9. The number of nitrogens with zero attached hydrogens (tertiary/aromatic N) is 1. The Hall–Kier alpha value is -2.29. The molecule has 9 nitrogen and oxygen atoms in total. The monoisotopic (exact) mass is 780 g/mol. The van der Waals surface area contributed by atoms with Crippen molar-refractivity contribution in [3.05, 3.63) is 60.8 Å². The van der Waals surface area contributed by atoms with Gasteiger partial charge in [-0.25, -0.2) is 0 Å². The number of carbonyl (C=O) groups excluding carboxylic acids is 2. The van der Waals surface area contributed by atoms with Crippen molar-refractivity contribution >= 4 is 19.8 Å². The Balaban J connectivity index is 4.51. The van der Waals surface area contributed by atoms with Crippen LogP contribution in [0.5, 0.6) is 0 Å². The van der Waals surface area contributed by atoms with Gasteiger partial charge in [-0.05, 0) is 64.2 Å². The fourth-order valence-electron chi connectivity index (χ4n) is 5.25. The summed E-state index contributed by atoms with van der Waals surface area (Å²) in [7, 11) is 1.11. The van der Waals surface area contributed by atoms with Crippen LogP contribution in [0, 0.1) is 0 Å². The first-order chi connectivity index (χ1) is 26.0. The Bertz CT molecular complexity index is 1110. The van der Waals surface area contributed by atoms with Crippen LogP contribution in [-0.2, 0) is 32.7 Å². The molecule has 0 aliphatic rings. The number of rotatable bonds is 37. The predicted molar refractivity (Wildman–Crippen MR) is 222 cm³/mol. The average molecular weight is 780 g/mol. The number of phosphoric ester groups is 1. The second-order valence-corrected chi connectivity index (χ2v) is 16.4. The summed E-state index contributed by atoms with van der Waals surface area (Å²) in [4.78, 5) is 37.4. The molecule has 0 aromatic heterocycles. The van der Waals surface area contributed by atoms with Crippen LogP contribution in [0.2, 0.25) is 0 Å². The normalized spacial score (nSPS) is 14.3. The maximum atomic E-state index is 12.6. The third-order valence-electron chi connectivity index (χ3n) is 8.54. The van der Waals surface area contributed by atoms with Gasteiger partial charge in [0.05, 0.1) is 27.7 Å². The molecule has 10 heteroatoms. The number of hydrogen-bond donors (Lipinski definition) is 0. The summed E-state index contributed by atoms with van der Waals surface area (Å²) in [6.07, 6.45) is 42.7. The summed E-state index contributed by atoms with van der Waals surface area (Å²) in [5, 5.41) is 0. The van der Waals surface area contributed by atoms with Gasteiger partial charge in [-0.2, -0.15) is 0 Å². The first-order valence-electron chi connectivity index (χ1n) is 21.0. The Morgan fingerprint density at radius 1 is 0.593 bits per heavy atom. The van der Waals surface area contributed by atoms with E-state index >= 15 is 0 Å². The lowest BCUT2D eigenvalue weighted by atomic mass is 10.1. The van der Waals surface area contributed by atoms with E-state index in [4.69, 9.17) is 18.5 Å². The summed E-state index contributed by atoms with van der Waals surface area (Å²) >= 11 is 0. The number of likely N-dealkylation sites (N-methyl/N-ethyl adjacent to an activating group) is 1. The summed E-state index contributed by atoms with van der Waals surface area (Å²) < 4.78 is 33.7. The predicted octanol–water partition coefficient (Wildman–Crippen LogP) is 11.1. The van der Waals surface area contributed by atoms with Crippen molar-refractivity contribution in [1.82, 2.24) is 0 Å². The van der Waals surface area contributed by atoms with Crippen molar-refractivity contribution in [3.8, 4) is 0 Å². The number of allylic oxidation sites excluding steroid dienone is 10. The highest BCUT2D eigenvalue weighted by molar-refractivity contribution is 7.45. The topological polar surface area (TPSA) is 111 Å².